The van der Waals surface area contributed by atoms with Gasteiger partial charge < -0.3 is 5.11 Å². The van der Waals surface area contributed by atoms with Gasteiger partial charge in [0.1, 0.15) is 12.1 Å². The van der Waals surface area contributed by atoms with Crippen molar-refractivity contribution in [1.29, 1.82) is 0 Å². The fourth-order valence-electron chi connectivity index (χ4n) is 4.69. The number of hydrogen-bond donors (Lipinski definition) is 2. The maximum absolute atomic E-state index is 13.8. The van der Waals surface area contributed by atoms with Crippen molar-refractivity contribution in [2.75, 3.05) is 13.1 Å². The van der Waals surface area contributed by atoms with Gasteiger partial charge in [0.15, 0.2) is 0 Å². The van der Waals surface area contributed by atoms with E-state index in [0.717, 1.165) is 11.1 Å². The van der Waals surface area contributed by atoms with Crippen molar-refractivity contribution in [3.63, 3.8) is 0 Å². The van der Waals surface area contributed by atoms with Crippen LogP contribution in [0.4, 0.5) is 4.39 Å². The van der Waals surface area contributed by atoms with Crippen molar-refractivity contribution in [2.24, 2.45) is 0 Å². The largest absolute Gasteiger partial charge is 0.378 e. The first-order valence-electron chi connectivity index (χ1n) is 11.1. The molecule has 1 saturated heterocycles. The van der Waals surface area contributed by atoms with Crippen LogP contribution >= 0.6 is 0 Å². The molecule has 170 valence electrons. The minimum Gasteiger partial charge on any atom is -0.378 e. The van der Waals surface area contributed by atoms with Crippen molar-refractivity contribution in [3.05, 3.63) is 94.7 Å². The Morgan fingerprint density at radius 1 is 1.09 bits per heavy atom. The third-order valence-electron chi connectivity index (χ3n) is 6.64. The Bertz CT molecular complexity index is 1070. The van der Waals surface area contributed by atoms with Crippen LogP contribution in [0.1, 0.15) is 36.8 Å². The summed E-state index contributed by atoms with van der Waals surface area (Å²) in [4.78, 5) is 0.483. The van der Waals surface area contributed by atoms with Gasteiger partial charge >= 0.3 is 0 Å². The Labute approximate surface area is 190 Å². The van der Waals surface area contributed by atoms with Gasteiger partial charge in [0.05, 0.1) is 9.71 Å². The van der Waals surface area contributed by atoms with Gasteiger partial charge in [-0.25, -0.2) is 12.9 Å². The molecule has 2 aliphatic rings. The van der Waals surface area contributed by atoms with Crippen molar-refractivity contribution in [2.45, 2.75) is 43.9 Å². The molecule has 2 unspecified atom stereocenters. The maximum Gasteiger partial charge on any atom is 0.115 e. The number of nitrogens with one attached hydrogen (secondary N) is 1. The van der Waals surface area contributed by atoms with Crippen molar-refractivity contribution in [3.8, 4) is 0 Å². The van der Waals surface area contributed by atoms with Crippen LogP contribution in [-0.2, 0) is 21.7 Å². The van der Waals surface area contributed by atoms with Crippen LogP contribution in [0.15, 0.2) is 83.5 Å². The SMILES string of the molecule is C=S(=O)(C1=CCCC(F)=C1)N1CCC(c2ccccc2)(C(O)NCc2ccccc2)CC1. The van der Waals surface area contributed by atoms with E-state index in [1.165, 1.54) is 6.08 Å². The van der Waals surface area contributed by atoms with E-state index >= 15 is 0 Å². The monoisotopic (exact) mass is 454 g/mol. The number of rotatable bonds is 7. The van der Waals surface area contributed by atoms with E-state index < -0.39 is 21.4 Å². The van der Waals surface area contributed by atoms with E-state index in [9.17, 15) is 13.7 Å². The summed E-state index contributed by atoms with van der Waals surface area (Å²) in [6.45, 7) is 1.57. The molecule has 2 atom stereocenters. The second-order valence-electron chi connectivity index (χ2n) is 8.60. The predicted octanol–water partition coefficient (Wildman–Crippen LogP) is 4.29. The zero-order valence-electron chi connectivity index (χ0n) is 18.3. The summed E-state index contributed by atoms with van der Waals surface area (Å²) < 4.78 is 29.2. The minimum atomic E-state index is -2.76. The average molecular weight is 455 g/mol. The third kappa shape index (κ3) is 4.74. The summed E-state index contributed by atoms with van der Waals surface area (Å²) in [6, 6.07) is 20.0. The minimum absolute atomic E-state index is 0.241. The van der Waals surface area contributed by atoms with Gasteiger partial charge in [-0.1, -0.05) is 66.7 Å². The fraction of sp³-hybridized carbons (Fsp3) is 0.346. The highest BCUT2D eigenvalue weighted by atomic mass is 32.2. The summed E-state index contributed by atoms with van der Waals surface area (Å²) in [5, 5.41) is 14.6. The molecule has 0 radical (unpaired) electrons. The number of nitrogens with zero attached hydrogens (tertiary/aromatic N) is 1. The zero-order valence-corrected chi connectivity index (χ0v) is 19.1. The molecular weight excluding hydrogens is 423 g/mol. The maximum atomic E-state index is 13.8. The molecule has 1 aliphatic heterocycles. The Balaban J connectivity index is 1.54. The van der Waals surface area contributed by atoms with E-state index in [-0.39, 0.29) is 5.83 Å². The highest BCUT2D eigenvalue weighted by Gasteiger charge is 2.43. The van der Waals surface area contributed by atoms with Gasteiger partial charge in [-0.3, -0.25) is 5.32 Å². The van der Waals surface area contributed by atoms with Gasteiger partial charge in [0.2, 0.25) is 0 Å². The second kappa shape index (κ2) is 9.71. The lowest BCUT2D eigenvalue weighted by molar-refractivity contribution is 0.0195. The van der Waals surface area contributed by atoms with Crippen LogP contribution in [0.25, 0.3) is 0 Å². The molecule has 0 spiro atoms. The zero-order chi connectivity index (χ0) is 22.6. The summed E-state index contributed by atoms with van der Waals surface area (Å²) in [6.07, 6.45) is 4.60. The number of piperidine rings is 1. The molecule has 0 amide bonds. The molecule has 0 aromatic heterocycles. The molecule has 1 heterocycles. The van der Waals surface area contributed by atoms with Crippen LogP contribution in [-0.4, -0.2) is 38.8 Å². The number of hydrogen-bond acceptors (Lipinski definition) is 3. The highest BCUT2D eigenvalue weighted by molar-refractivity contribution is 8.01. The standard InChI is InChI=1S/C26H31FN2O2S/c1-32(31,24-14-8-13-23(27)19-24)29-17-15-26(16-18-29,22-11-6-3-7-12-22)25(30)28-20-21-9-4-2-5-10-21/h2-7,9-12,14,19,25,28,30H,1,8,13,15-18,20H2. The van der Waals surface area contributed by atoms with Gasteiger partial charge in [0, 0.05) is 36.4 Å². The molecule has 4 nitrogen and oxygen atoms in total. The van der Waals surface area contributed by atoms with Crippen LogP contribution in [0, 0.1) is 0 Å². The molecule has 2 N–H and O–H groups in total. The molecular formula is C26H31FN2O2S. The van der Waals surface area contributed by atoms with Gasteiger partial charge in [-0.15, -0.1) is 0 Å². The molecule has 6 heteroatoms. The topological polar surface area (TPSA) is 52.6 Å². The number of benzene rings is 2. The first-order chi connectivity index (χ1) is 15.4. The van der Waals surface area contributed by atoms with Crippen LogP contribution in [0.5, 0.6) is 0 Å². The predicted molar refractivity (Wildman–Crippen MR) is 130 cm³/mol. The Kier molecular flexibility index (Phi) is 6.96. The first-order valence-corrected chi connectivity index (χ1v) is 12.8. The molecule has 4 rings (SSSR count). The number of allylic oxidation sites excluding steroid dienone is 3. The molecule has 1 fully saturated rings. The molecule has 0 bridgehead atoms. The Hall–Kier alpha value is -2.25. The van der Waals surface area contributed by atoms with Gasteiger partial charge in [-0.05, 0) is 42.3 Å². The summed E-state index contributed by atoms with van der Waals surface area (Å²) in [5.41, 5.74) is 1.65. The second-order valence-corrected chi connectivity index (χ2v) is 10.9. The van der Waals surface area contributed by atoms with E-state index in [0.29, 0.717) is 50.2 Å². The van der Waals surface area contributed by atoms with Crippen molar-refractivity contribution >= 4 is 15.6 Å². The van der Waals surface area contributed by atoms with Gasteiger partial charge in [-0.2, -0.15) is 0 Å². The van der Waals surface area contributed by atoms with Crippen molar-refractivity contribution < 1.29 is 13.7 Å². The van der Waals surface area contributed by atoms with Crippen LogP contribution in [0.2, 0.25) is 0 Å². The molecule has 32 heavy (non-hydrogen) atoms. The summed E-state index contributed by atoms with van der Waals surface area (Å²) >= 11 is 0. The molecule has 2 aromatic rings. The normalized spacial score (nSPS) is 21.8. The molecule has 1 aliphatic carbocycles. The molecule has 2 aromatic carbocycles. The van der Waals surface area contributed by atoms with E-state index in [4.69, 9.17) is 0 Å². The average Bonchev–Trinajstić information content (AvgIpc) is 2.83. The van der Waals surface area contributed by atoms with Crippen LogP contribution in [0.3, 0.4) is 0 Å². The lowest BCUT2D eigenvalue weighted by atomic mass is 9.71. The third-order valence-corrected chi connectivity index (χ3v) is 8.86. The smallest absolute Gasteiger partial charge is 0.115 e. The van der Waals surface area contributed by atoms with E-state index in [2.05, 4.69) is 11.2 Å². The fourth-order valence-corrected chi connectivity index (χ4v) is 6.45. The summed E-state index contributed by atoms with van der Waals surface area (Å²) in [7, 11) is -2.76. The number of aliphatic hydroxyl groups is 1. The Morgan fingerprint density at radius 3 is 2.34 bits per heavy atom. The quantitative estimate of drug-likeness (QED) is 0.485. The highest BCUT2D eigenvalue weighted by Crippen LogP contribution is 2.40. The molecule has 0 saturated carbocycles. The van der Waals surface area contributed by atoms with Gasteiger partial charge in [0.25, 0.3) is 0 Å². The number of halogens is 1. The first kappa shape index (κ1) is 22.9. The van der Waals surface area contributed by atoms with E-state index in [1.807, 2.05) is 71.0 Å². The summed E-state index contributed by atoms with van der Waals surface area (Å²) in [5.74, 6) is 3.75. The lowest BCUT2D eigenvalue weighted by Crippen LogP contribution is -2.55. The van der Waals surface area contributed by atoms with E-state index in [1.54, 1.807) is 0 Å². The number of aliphatic hydroxyl groups excluding tert-OH is 1. The lowest BCUT2D eigenvalue weighted by Gasteiger charge is -2.46. The van der Waals surface area contributed by atoms with Crippen LogP contribution < -0.4 is 5.32 Å². The Morgan fingerprint density at radius 2 is 1.72 bits per heavy atom. The van der Waals surface area contributed by atoms with Crippen molar-refractivity contribution in [1.82, 2.24) is 9.62 Å².